The summed E-state index contributed by atoms with van der Waals surface area (Å²) in [4.78, 5) is 24.9. The summed E-state index contributed by atoms with van der Waals surface area (Å²) in [6.07, 6.45) is 7.57. The van der Waals surface area contributed by atoms with Crippen molar-refractivity contribution in [2.45, 2.75) is 32.3 Å². The van der Waals surface area contributed by atoms with Gasteiger partial charge in [-0.15, -0.1) is 0 Å². The molecule has 3 rings (SSSR count). The lowest BCUT2D eigenvalue weighted by atomic mass is 9.99. The Balaban J connectivity index is 1.50. The maximum atomic E-state index is 12.5. The van der Waals surface area contributed by atoms with E-state index >= 15 is 0 Å². The summed E-state index contributed by atoms with van der Waals surface area (Å²) in [7, 11) is 0. The van der Waals surface area contributed by atoms with E-state index < -0.39 is 6.10 Å². The van der Waals surface area contributed by atoms with Gasteiger partial charge < -0.3 is 10.0 Å². The molecule has 0 aromatic carbocycles. The third-order valence-corrected chi connectivity index (χ3v) is 5.08. The van der Waals surface area contributed by atoms with E-state index in [0.717, 1.165) is 24.7 Å². The second-order valence-electron chi connectivity index (χ2n) is 6.99. The number of rotatable bonds is 4. The van der Waals surface area contributed by atoms with E-state index in [-0.39, 0.29) is 11.8 Å². The number of piperidine rings is 1. The topological polar surface area (TPSA) is 69.6 Å². The summed E-state index contributed by atoms with van der Waals surface area (Å²) in [5.41, 5.74) is 0.871. The highest BCUT2D eigenvalue weighted by Crippen LogP contribution is 2.22. The van der Waals surface area contributed by atoms with Crippen LogP contribution in [0.3, 0.4) is 0 Å². The second-order valence-corrected chi connectivity index (χ2v) is 6.99. The number of hydrogen-bond acceptors (Lipinski definition) is 5. The molecule has 1 aromatic heterocycles. The van der Waals surface area contributed by atoms with Gasteiger partial charge in [0.05, 0.1) is 18.3 Å². The van der Waals surface area contributed by atoms with Crippen LogP contribution in [0.25, 0.3) is 0 Å². The van der Waals surface area contributed by atoms with Gasteiger partial charge in [0, 0.05) is 37.6 Å². The first-order chi connectivity index (χ1) is 11.1. The van der Waals surface area contributed by atoms with E-state index in [4.69, 9.17) is 0 Å². The van der Waals surface area contributed by atoms with Crippen molar-refractivity contribution in [3.63, 3.8) is 0 Å². The largest absolute Gasteiger partial charge is 0.391 e. The molecule has 0 unspecified atom stereocenters. The smallest absolute Gasteiger partial charge is 0.236 e. The number of aliphatic hydroxyl groups excluding tert-OH is 1. The van der Waals surface area contributed by atoms with E-state index in [9.17, 15) is 9.90 Å². The zero-order chi connectivity index (χ0) is 16.2. The van der Waals surface area contributed by atoms with Gasteiger partial charge in [-0.05, 0) is 38.3 Å². The van der Waals surface area contributed by atoms with Crippen molar-refractivity contribution in [1.82, 2.24) is 19.8 Å². The molecule has 2 atom stereocenters. The van der Waals surface area contributed by atoms with Gasteiger partial charge in [0.1, 0.15) is 0 Å². The Morgan fingerprint density at radius 3 is 2.78 bits per heavy atom. The highest BCUT2D eigenvalue weighted by Gasteiger charge is 2.34. The Morgan fingerprint density at radius 1 is 1.30 bits per heavy atom. The number of carbonyl (C=O) groups excluding carboxylic acids is 1. The lowest BCUT2D eigenvalue weighted by molar-refractivity contribution is -0.132. The standard InChI is InChI=1S/C17H26N4O2/c1-13-2-6-20(7-3-13)12-17(23)21-10-14(16(22)11-21)8-15-9-18-4-5-19-15/h4-5,9,13-14,16,22H,2-3,6-8,10-12H2,1H3/t14-,16-/m1/s1. The van der Waals surface area contributed by atoms with E-state index in [1.165, 1.54) is 12.8 Å². The van der Waals surface area contributed by atoms with Crippen molar-refractivity contribution >= 4 is 5.91 Å². The maximum absolute atomic E-state index is 12.5. The molecule has 0 bridgehead atoms. The summed E-state index contributed by atoms with van der Waals surface area (Å²) in [6, 6.07) is 0. The minimum atomic E-state index is -0.470. The molecule has 0 radical (unpaired) electrons. The molecular weight excluding hydrogens is 292 g/mol. The fourth-order valence-electron chi connectivity index (χ4n) is 3.47. The zero-order valence-corrected chi connectivity index (χ0v) is 13.8. The fourth-order valence-corrected chi connectivity index (χ4v) is 3.47. The molecule has 1 aromatic rings. The van der Waals surface area contributed by atoms with Crippen LogP contribution in [0.1, 0.15) is 25.5 Å². The Bertz CT molecular complexity index is 517. The van der Waals surface area contributed by atoms with Crippen molar-refractivity contribution in [3.8, 4) is 0 Å². The normalized spacial score (nSPS) is 26.6. The van der Waals surface area contributed by atoms with Gasteiger partial charge in [-0.3, -0.25) is 19.7 Å². The summed E-state index contributed by atoms with van der Waals surface area (Å²) < 4.78 is 0. The molecule has 2 fully saturated rings. The first-order valence-corrected chi connectivity index (χ1v) is 8.55. The number of carbonyl (C=O) groups is 1. The minimum absolute atomic E-state index is 0.0528. The molecular formula is C17H26N4O2. The first-order valence-electron chi connectivity index (χ1n) is 8.55. The molecule has 0 spiro atoms. The third kappa shape index (κ3) is 4.26. The van der Waals surface area contributed by atoms with Crippen LogP contribution in [0, 0.1) is 11.8 Å². The predicted octanol–water partition coefficient (Wildman–Crippen LogP) is 0.570. The van der Waals surface area contributed by atoms with E-state index in [0.29, 0.717) is 26.1 Å². The quantitative estimate of drug-likeness (QED) is 0.879. The lowest BCUT2D eigenvalue weighted by Gasteiger charge is -2.30. The molecule has 1 N–H and O–H groups in total. The molecule has 2 aliphatic rings. The molecule has 0 saturated carbocycles. The second kappa shape index (κ2) is 7.36. The SMILES string of the molecule is CC1CCN(CC(=O)N2C[C@@H](Cc3cnccn3)[C@H](O)C2)CC1. The Morgan fingerprint density at radius 2 is 2.09 bits per heavy atom. The van der Waals surface area contributed by atoms with Crippen molar-refractivity contribution in [1.29, 1.82) is 0 Å². The van der Waals surface area contributed by atoms with Gasteiger partial charge in [0.15, 0.2) is 0 Å². The predicted molar refractivity (Wildman–Crippen MR) is 86.7 cm³/mol. The average molecular weight is 318 g/mol. The van der Waals surface area contributed by atoms with Crippen LogP contribution in [0.2, 0.25) is 0 Å². The number of hydrogen-bond donors (Lipinski definition) is 1. The minimum Gasteiger partial charge on any atom is -0.391 e. The molecule has 0 aliphatic carbocycles. The maximum Gasteiger partial charge on any atom is 0.236 e. The van der Waals surface area contributed by atoms with Gasteiger partial charge in [0.2, 0.25) is 5.91 Å². The van der Waals surface area contributed by atoms with Gasteiger partial charge >= 0.3 is 0 Å². The third-order valence-electron chi connectivity index (χ3n) is 5.08. The number of nitrogens with zero attached hydrogens (tertiary/aromatic N) is 4. The number of β-amino-alcohol motifs (C(OH)–C–C–N with tert-alkyl or cyclic N) is 1. The van der Waals surface area contributed by atoms with E-state index in [2.05, 4.69) is 21.8 Å². The van der Waals surface area contributed by atoms with E-state index in [1.807, 2.05) is 4.90 Å². The molecule has 2 aliphatic heterocycles. The molecule has 3 heterocycles. The number of aliphatic hydroxyl groups is 1. The van der Waals surface area contributed by atoms with Crippen molar-refractivity contribution in [2.75, 3.05) is 32.7 Å². The van der Waals surface area contributed by atoms with Crippen LogP contribution in [0.4, 0.5) is 0 Å². The van der Waals surface area contributed by atoms with Crippen LogP contribution < -0.4 is 0 Å². The lowest BCUT2D eigenvalue weighted by Crippen LogP contribution is -2.42. The number of aromatic nitrogens is 2. The Hall–Kier alpha value is -1.53. The summed E-state index contributed by atoms with van der Waals surface area (Å²) >= 11 is 0. The van der Waals surface area contributed by atoms with Crippen LogP contribution in [0.5, 0.6) is 0 Å². The number of likely N-dealkylation sites (tertiary alicyclic amines) is 2. The highest BCUT2D eigenvalue weighted by atomic mass is 16.3. The molecule has 6 nitrogen and oxygen atoms in total. The van der Waals surface area contributed by atoms with Gasteiger partial charge in [-0.2, -0.15) is 0 Å². The van der Waals surface area contributed by atoms with Crippen molar-refractivity contribution < 1.29 is 9.90 Å². The molecule has 1 amide bonds. The van der Waals surface area contributed by atoms with Crippen molar-refractivity contribution in [2.24, 2.45) is 11.8 Å². The van der Waals surface area contributed by atoms with Crippen LogP contribution >= 0.6 is 0 Å². The zero-order valence-electron chi connectivity index (χ0n) is 13.8. The van der Waals surface area contributed by atoms with Crippen LogP contribution in [0.15, 0.2) is 18.6 Å². The van der Waals surface area contributed by atoms with Crippen LogP contribution in [-0.2, 0) is 11.2 Å². The highest BCUT2D eigenvalue weighted by molar-refractivity contribution is 5.78. The van der Waals surface area contributed by atoms with Gasteiger partial charge in [0.25, 0.3) is 0 Å². The summed E-state index contributed by atoms with van der Waals surface area (Å²) in [5.74, 6) is 0.962. The summed E-state index contributed by atoms with van der Waals surface area (Å²) in [6.45, 7) is 5.82. The monoisotopic (exact) mass is 318 g/mol. The Labute approximate surface area is 137 Å². The fraction of sp³-hybridized carbons (Fsp3) is 0.706. The average Bonchev–Trinajstić information content (AvgIpc) is 2.92. The molecule has 126 valence electrons. The van der Waals surface area contributed by atoms with Gasteiger partial charge in [-0.1, -0.05) is 6.92 Å². The van der Waals surface area contributed by atoms with Crippen LogP contribution in [-0.4, -0.2) is 69.6 Å². The summed E-state index contributed by atoms with van der Waals surface area (Å²) in [5, 5.41) is 10.3. The Kier molecular flexibility index (Phi) is 5.23. The van der Waals surface area contributed by atoms with Crippen molar-refractivity contribution in [3.05, 3.63) is 24.3 Å². The van der Waals surface area contributed by atoms with Gasteiger partial charge in [-0.25, -0.2) is 0 Å². The molecule has 2 saturated heterocycles. The first kappa shape index (κ1) is 16.3. The van der Waals surface area contributed by atoms with E-state index in [1.54, 1.807) is 18.6 Å². The number of amides is 1. The molecule has 23 heavy (non-hydrogen) atoms. The molecule has 6 heteroatoms.